The highest BCUT2D eigenvalue weighted by Crippen LogP contribution is 2.57. The molecule has 0 spiro atoms. The number of nitrogens with two attached hydrogens (primary N) is 1. The first kappa shape index (κ1) is 23.4. The summed E-state index contributed by atoms with van der Waals surface area (Å²) in [4.78, 5) is 42.1. The molecule has 1 fully saturated rings. The summed E-state index contributed by atoms with van der Waals surface area (Å²) in [6, 6.07) is 6.75. The number of nitrogens with one attached hydrogen (secondary N) is 1. The van der Waals surface area contributed by atoms with Crippen LogP contribution in [0.25, 0.3) is 0 Å². The van der Waals surface area contributed by atoms with E-state index in [1.54, 1.807) is 12.0 Å². The second-order valence-corrected chi connectivity index (χ2v) is 10.9. The number of likely N-dealkylation sites (tertiary alicyclic amines) is 1. The van der Waals surface area contributed by atoms with Crippen LogP contribution in [-0.2, 0) is 29.4 Å². The van der Waals surface area contributed by atoms with Crippen molar-refractivity contribution < 1.29 is 24.2 Å². The highest BCUT2D eigenvalue weighted by atomic mass is 16.6. The Morgan fingerprint density at radius 1 is 1.20 bits per heavy atom. The van der Waals surface area contributed by atoms with E-state index >= 15 is 0 Å². The van der Waals surface area contributed by atoms with Gasteiger partial charge in [-0.15, -0.1) is 0 Å². The summed E-state index contributed by atoms with van der Waals surface area (Å²) in [6.45, 7) is 5.84. The number of rotatable bonds is 2. The molecule has 1 saturated heterocycles. The quantitative estimate of drug-likeness (QED) is 0.599. The van der Waals surface area contributed by atoms with E-state index in [1.165, 1.54) is 6.07 Å². The van der Waals surface area contributed by atoms with Crippen molar-refractivity contribution in [3.8, 4) is 5.75 Å². The number of ether oxygens (including phenoxy) is 2. The van der Waals surface area contributed by atoms with E-state index in [1.807, 2.05) is 39.0 Å². The van der Waals surface area contributed by atoms with Crippen molar-refractivity contribution >= 4 is 12.0 Å². The highest BCUT2D eigenvalue weighted by molar-refractivity contribution is 5.92. The SMILES string of the molecule is COc1ccc2c(c1)C13CCN(C(=O)OC(C)(C)C)[C@H](C2)[C@]1(O)Cc1cc(C(N)=O)c(=O)[nH]c1C3. The van der Waals surface area contributed by atoms with Crippen molar-refractivity contribution in [1.82, 2.24) is 9.88 Å². The van der Waals surface area contributed by atoms with Crippen LogP contribution < -0.4 is 16.0 Å². The number of hydrogen-bond donors (Lipinski definition) is 3. The van der Waals surface area contributed by atoms with Crippen LogP contribution in [-0.4, -0.2) is 57.9 Å². The van der Waals surface area contributed by atoms with Gasteiger partial charge in [-0.25, -0.2) is 4.79 Å². The Balaban J connectivity index is 1.70. The summed E-state index contributed by atoms with van der Waals surface area (Å²) in [6.07, 6.45) is 0.953. The van der Waals surface area contributed by atoms with Crippen molar-refractivity contribution in [2.75, 3.05) is 13.7 Å². The number of H-pyrrole nitrogens is 1. The summed E-state index contributed by atoms with van der Waals surface area (Å²) < 4.78 is 11.2. The molecule has 1 aromatic carbocycles. The number of hydrogen-bond acceptors (Lipinski definition) is 6. The van der Waals surface area contributed by atoms with Gasteiger partial charge in [-0.3, -0.25) is 9.59 Å². The summed E-state index contributed by atoms with van der Waals surface area (Å²) in [5, 5.41) is 12.5. The van der Waals surface area contributed by atoms with E-state index in [9.17, 15) is 19.5 Å². The normalized spacial score (nSPS) is 26.8. The molecule has 4 N–H and O–H groups in total. The van der Waals surface area contributed by atoms with Gasteiger partial charge in [0.25, 0.3) is 11.5 Å². The number of amides is 2. The molecule has 35 heavy (non-hydrogen) atoms. The van der Waals surface area contributed by atoms with Gasteiger partial charge in [0.1, 0.15) is 16.9 Å². The molecular weight excluding hydrogens is 450 g/mol. The number of pyridine rings is 1. The molecule has 3 aliphatic rings. The van der Waals surface area contributed by atoms with Crippen LogP contribution in [0.3, 0.4) is 0 Å². The average Bonchev–Trinajstić information content (AvgIpc) is 2.75. The molecule has 0 saturated carbocycles. The molecule has 1 unspecified atom stereocenters. The number of nitrogens with zero attached hydrogens (tertiary/aromatic N) is 1. The van der Waals surface area contributed by atoms with Crippen LogP contribution in [0.5, 0.6) is 5.75 Å². The molecule has 9 heteroatoms. The smallest absolute Gasteiger partial charge is 0.410 e. The minimum Gasteiger partial charge on any atom is -0.497 e. The van der Waals surface area contributed by atoms with Gasteiger partial charge in [0.05, 0.1) is 18.8 Å². The molecule has 0 radical (unpaired) electrons. The van der Waals surface area contributed by atoms with E-state index in [0.29, 0.717) is 42.8 Å². The van der Waals surface area contributed by atoms with Crippen molar-refractivity contribution in [3.63, 3.8) is 0 Å². The lowest BCUT2D eigenvalue weighted by molar-refractivity contribution is -0.147. The first-order chi connectivity index (χ1) is 16.4. The first-order valence-corrected chi connectivity index (χ1v) is 11.8. The zero-order valence-corrected chi connectivity index (χ0v) is 20.4. The Hall–Kier alpha value is -3.33. The number of carbonyl (C=O) groups excluding carboxylic acids is 2. The molecule has 186 valence electrons. The Morgan fingerprint density at radius 2 is 1.94 bits per heavy atom. The number of aliphatic hydroxyl groups is 1. The molecule has 9 nitrogen and oxygen atoms in total. The fourth-order valence-corrected chi connectivity index (χ4v) is 6.29. The number of fused-ring (bicyclic) bond motifs is 2. The Bertz CT molecular complexity index is 1290. The number of piperidine rings is 1. The highest BCUT2D eigenvalue weighted by Gasteiger charge is 2.65. The number of aromatic amines is 1. The van der Waals surface area contributed by atoms with Gasteiger partial charge in [-0.2, -0.15) is 0 Å². The topological polar surface area (TPSA) is 135 Å². The molecule has 1 aromatic heterocycles. The van der Waals surface area contributed by atoms with Crippen LogP contribution in [0.1, 0.15) is 59.9 Å². The van der Waals surface area contributed by atoms with Gasteiger partial charge in [-0.1, -0.05) is 6.07 Å². The maximum Gasteiger partial charge on any atom is 0.410 e. The zero-order valence-electron chi connectivity index (χ0n) is 20.4. The van der Waals surface area contributed by atoms with Crippen LogP contribution >= 0.6 is 0 Å². The van der Waals surface area contributed by atoms with Gasteiger partial charge in [0.2, 0.25) is 0 Å². The predicted molar refractivity (Wildman–Crippen MR) is 128 cm³/mol. The van der Waals surface area contributed by atoms with Gasteiger partial charge < -0.3 is 30.2 Å². The third-order valence-electron chi connectivity index (χ3n) is 7.83. The van der Waals surface area contributed by atoms with Crippen LogP contribution in [0, 0.1) is 0 Å². The number of primary amides is 1. The zero-order chi connectivity index (χ0) is 25.3. The van der Waals surface area contributed by atoms with Crippen LogP contribution in [0.2, 0.25) is 0 Å². The second-order valence-electron chi connectivity index (χ2n) is 10.9. The monoisotopic (exact) mass is 481 g/mol. The molecule has 2 aliphatic carbocycles. The van der Waals surface area contributed by atoms with Crippen LogP contribution in [0.4, 0.5) is 4.79 Å². The van der Waals surface area contributed by atoms with Crippen molar-refractivity contribution in [3.05, 3.63) is 62.6 Å². The molecule has 2 heterocycles. The Kier molecular flexibility index (Phi) is 5.07. The summed E-state index contributed by atoms with van der Waals surface area (Å²) in [5.74, 6) is -0.146. The van der Waals surface area contributed by atoms with E-state index in [-0.39, 0.29) is 12.0 Å². The van der Waals surface area contributed by atoms with E-state index in [0.717, 1.165) is 11.1 Å². The first-order valence-electron chi connectivity index (χ1n) is 11.8. The van der Waals surface area contributed by atoms with Gasteiger partial charge in [0.15, 0.2) is 0 Å². The van der Waals surface area contributed by atoms with Crippen LogP contribution in [0.15, 0.2) is 29.1 Å². The Labute approximate surface area is 203 Å². The maximum absolute atomic E-state index is 13.2. The molecule has 2 aromatic rings. The maximum atomic E-state index is 13.2. The van der Waals surface area contributed by atoms with Crippen molar-refractivity contribution in [2.45, 2.75) is 69.1 Å². The number of benzene rings is 1. The lowest BCUT2D eigenvalue weighted by atomic mass is 9.49. The van der Waals surface area contributed by atoms with Gasteiger partial charge >= 0.3 is 6.09 Å². The molecule has 2 amide bonds. The predicted octanol–water partition coefficient (Wildman–Crippen LogP) is 1.82. The van der Waals surface area contributed by atoms with E-state index in [4.69, 9.17) is 15.2 Å². The Morgan fingerprint density at radius 3 is 2.60 bits per heavy atom. The van der Waals surface area contributed by atoms with Gasteiger partial charge in [-0.05, 0) is 68.5 Å². The van der Waals surface area contributed by atoms with Crippen molar-refractivity contribution in [2.24, 2.45) is 5.73 Å². The molecule has 2 bridgehead atoms. The summed E-state index contributed by atoms with van der Waals surface area (Å²) in [7, 11) is 1.60. The third kappa shape index (κ3) is 3.43. The molecular formula is C26H31N3O6. The lowest BCUT2D eigenvalue weighted by Crippen LogP contribution is -2.75. The average molecular weight is 482 g/mol. The fraction of sp³-hybridized carbons (Fsp3) is 0.500. The number of methoxy groups -OCH3 is 1. The molecule has 5 rings (SSSR count). The molecule has 1 aliphatic heterocycles. The molecule has 3 atom stereocenters. The third-order valence-corrected chi connectivity index (χ3v) is 7.83. The summed E-state index contributed by atoms with van der Waals surface area (Å²) >= 11 is 0. The minimum atomic E-state index is -1.36. The fourth-order valence-electron chi connectivity index (χ4n) is 6.29. The largest absolute Gasteiger partial charge is 0.497 e. The minimum absolute atomic E-state index is 0.143. The lowest BCUT2D eigenvalue weighted by Gasteiger charge is -2.63. The van der Waals surface area contributed by atoms with E-state index in [2.05, 4.69) is 4.98 Å². The van der Waals surface area contributed by atoms with Gasteiger partial charge in [0, 0.05) is 30.5 Å². The summed E-state index contributed by atoms with van der Waals surface area (Å²) in [5.41, 5.74) is 5.24. The van der Waals surface area contributed by atoms with Crippen molar-refractivity contribution in [1.29, 1.82) is 0 Å². The van der Waals surface area contributed by atoms with E-state index < -0.39 is 40.2 Å². The number of carbonyl (C=O) groups is 2. The second kappa shape index (κ2) is 7.58. The number of aromatic nitrogens is 1. The standard InChI is InChI=1S/C26H31N3O6/c1-24(2,3)35-23(32)29-8-7-25-13-19-15(9-17(21(27)30)22(31)28-19)12-26(25,33)20(29)10-14-5-6-16(34-4)11-18(14)25/h5-6,9,11,20,33H,7-8,10,12-13H2,1-4H3,(H2,27,30)(H,28,31)/t20-,25?,26-/m1/s1.